The van der Waals surface area contributed by atoms with Crippen LogP contribution in [0.25, 0.3) is 0 Å². The standard InChI is InChI=1S/C26H32N2O3/c1-2-31-18-20-12-14-21(15-13-20)26(30)28-22(16-19-8-4-3-5-9-19)17-23-24(28)10-6-7-11-25(29)27-23/h3-5,8-9,12-15,22-24H,2,6-7,10-11,16-18H2,1H3,(H,27,29)/t22-,23+,24-/m1/s1. The summed E-state index contributed by atoms with van der Waals surface area (Å²) in [4.78, 5) is 28.0. The van der Waals surface area contributed by atoms with Crippen molar-refractivity contribution in [2.45, 2.75) is 70.2 Å². The predicted molar refractivity (Wildman–Crippen MR) is 121 cm³/mol. The van der Waals surface area contributed by atoms with E-state index < -0.39 is 0 Å². The molecule has 2 aromatic rings. The highest BCUT2D eigenvalue weighted by Gasteiger charge is 2.44. The van der Waals surface area contributed by atoms with Crippen LogP contribution in [0.1, 0.15) is 60.5 Å². The second-order valence-corrected chi connectivity index (χ2v) is 8.61. The van der Waals surface area contributed by atoms with Crippen molar-refractivity contribution in [1.82, 2.24) is 10.2 Å². The second-order valence-electron chi connectivity index (χ2n) is 8.61. The molecule has 2 heterocycles. The molecule has 3 atom stereocenters. The Morgan fingerprint density at radius 1 is 1.06 bits per heavy atom. The van der Waals surface area contributed by atoms with Gasteiger partial charge >= 0.3 is 0 Å². The second kappa shape index (κ2) is 10.1. The van der Waals surface area contributed by atoms with Crippen molar-refractivity contribution in [3.63, 3.8) is 0 Å². The SMILES string of the molecule is CCOCc1ccc(C(=O)N2[C@H](Cc3ccccc3)C[C@@H]3NC(=O)CCCC[C@H]32)cc1. The van der Waals surface area contributed by atoms with E-state index in [2.05, 4.69) is 22.3 Å². The number of rotatable bonds is 6. The zero-order valence-electron chi connectivity index (χ0n) is 18.3. The first-order chi connectivity index (χ1) is 15.2. The Kier molecular flexibility index (Phi) is 7.03. The van der Waals surface area contributed by atoms with E-state index in [1.54, 1.807) is 0 Å². The first-order valence-corrected chi connectivity index (χ1v) is 11.5. The Balaban J connectivity index is 1.59. The van der Waals surface area contributed by atoms with Gasteiger partial charge in [0.2, 0.25) is 5.91 Å². The lowest BCUT2D eigenvalue weighted by atomic mass is 9.97. The molecule has 2 aromatic carbocycles. The molecule has 2 amide bonds. The number of fused-ring (bicyclic) bond motifs is 1. The van der Waals surface area contributed by atoms with Gasteiger partial charge in [0, 0.05) is 24.6 Å². The van der Waals surface area contributed by atoms with E-state index in [0.717, 1.165) is 37.7 Å². The molecular formula is C26H32N2O3. The lowest BCUT2D eigenvalue weighted by Crippen LogP contribution is -2.49. The van der Waals surface area contributed by atoms with Crippen molar-refractivity contribution >= 4 is 11.8 Å². The first-order valence-electron chi connectivity index (χ1n) is 11.5. The summed E-state index contributed by atoms with van der Waals surface area (Å²) < 4.78 is 5.47. The van der Waals surface area contributed by atoms with Gasteiger partial charge in [-0.15, -0.1) is 0 Å². The molecule has 4 rings (SSSR count). The van der Waals surface area contributed by atoms with Crippen LogP contribution in [0.4, 0.5) is 0 Å². The number of hydrogen-bond acceptors (Lipinski definition) is 3. The third kappa shape index (κ3) is 5.16. The normalized spacial score (nSPS) is 23.6. The zero-order chi connectivity index (χ0) is 21.6. The van der Waals surface area contributed by atoms with E-state index in [9.17, 15) is 9.59 Å². The average molecular weight is 421 g/mol. The molecule has 0 saturated carbocycles. The minimum absolute atomic E-state index is 0.0303. The van der Waals surface area contributed by atoms with E-state index in [-0.39, 0.29) is 29.9 Å². The van der Waals surface area contributed by atoms with Gasteiger partial charge in [0.1, 0.15) is 0 Å². The molecule has 2 fully saturated rings. The maximum absolute atomic E-state index is 13.7. The number of nitrogens with zero attached hydrogens (tertiary/aromatic N) is 1. The highest BCUT2D eigenvalue weighted by molar-refractivity contribution is 5.95. The molecule has 164 valence electrons. The summed E-state index contributed by atoms with van der Waals surface area (Å²) in [7, 11) is 0. The van der Waals surface area contributed by atoms with Crippen LogP contribution >= 0.6 is 0 Å². The van der Waals surface area contributed by atoms with Crippen LogP contribution in [-0.4, -0.2) is 41.4 Å². The van der Waals surface area contributed by atoms with Crippen LogP contribution in [0.2, 0.25) is 0 Å². The molecular weight excluding hydrogens is 388 g/mol. The molecule has 5 heteroatoms. The smallest absolute Gasteiger partial charge is 0.254 e. The number of amides is 2. The monoisotopic (exact) mass is 420 g/mol. The molecule has 2 aliphatic heterocycles. The summed E-state index contributed by atoms with van der Waals surface area (Å²) in [5.41, 5.74) is 2.99. The molecule has 0 spiro atoms. The van der Waals surface area contributed by atoms with Crippen LogP contribution in [0.3, 0.4) is 0 Å². The maximum Gasteiger partial charge on any atom is 0.254 e. The van der Waals surface area contributed by atoms with Crippen molar-refractivity contribution in [3.8, 4) is 0 Å². The quantitative estimate of drug-likeness (QED) is 0.765. The Bertz CT molecular complexity index is 881. The van der Waals surface area contributed by atoms with Crippen LogP contribution < -0.4 is 5.32 Å². The Hall–Kier alpha value is -2.66. The fraction of sp³-hybridized carbons (Fsp3) is 0.462. The van der Waals surface area contributed by atoms with E-state index in [1.165, 1.54) is 5.56 Å². The van der Waals surface area contributed by atoms with Crippen molar-refractivity contribution in [2.24, 2.45) is 0 Å². The minimum Gasteiger partial charge on any atom is -0.377 e. The molecule has 1 N–H and O–H groups in total. The van der Waals surface area contributed by atoms with E-state index >= 15 is 0 Å². The van der Waals surface area contributed by atoms with E-state index in [0.29, 0.717) is 25.2 Å². The molecule has 0 unspecified atom stereocenters. The number of benzene rings is 2. The predicted octanol–water partition coefficient (Wildman–Crippen LogP) is 4.11. The molecule has 5 nitrogen and oxygen atoms in total. The molecule has 2 saturated heterocycles. The van der Waals surface area contributed by atoms with Crippen molar-refractivity contribution in [1.29, 1.82) is 0 Å². The summed E-state index contributed by atoms with van der Waals surface area (Å²) in [6.45, 7) is 3.20. The lowest BCUT2D eigenvalue weighted by Gasteiger charge is -2.33. The third-order valence-electron chi connectivity index (χ3n) is 6.46. The van der Waals surface area contributed by atoms with Gasteiger partial charge in [-0.3, -0.25) is 9.59 Å². The van der Waals surface area contributed by atoms with Gasteiger partial charge in [-0.05, 0) is 55.9 Å². The van der Waals surface area contributed by atoms with Gasteiger partial charge in [-0.1, -0.05) is 48.9 Å². The summed E-state index contributed by atoms with van der Waals surface area (Å²) in [6.07, 6.45) is 4.99. The van der Waals surface area contributed by atoms with Gasteiger partial charge < -0.3 is 15.0 Å². The Labute approximate surface area is 184 Å². The van der Waals surface area contributed by atoms with Gasteiger partial charge in [0.15, 0.2) is 0 Å². The molecule has 0 aromatic heterocycles. The highest BCUT2D eigenvalue weighted by Crippen LogP contribution is 2.33. The lowest BCUT2D eigenvalue weighted by molar-refractivity contribution is -0.122. The van der Waals surface area contributed by atoms with Gasteiger partial charge in [-0.25, -0.2) is 0 Å². The molecule has 0 bridgehead atoms. The van der Waals surface area contributed by atoms with Gasteiger partial charge in [0.05, 0.1) is 18.7 Å². The summed E-state index contributed by atoms with van der Waals surface area (Å²) in [5, 5.41) is 3.22. The zero-order valence-corrected chi connectivity index (χ0v) is 18.3. The van der Waals surface area contributed by atoms with E-state index in [4.69, 9.17) is 4.74 Å². The fourth-order valence-electron chi connectivity index (χ4n) is 4.94. The van der Waals surface area contributed by atoms with Gasteiger partial charge in [0.25, 0.3) is 5.91 Å². The van der Waals surface area contributed by atoms with E-state index in [1.807, 2.05) is 49.4 Å². The van der Waals surface area contributed by atoms with Gasteiger partial charge in [-0.2, -0.15) is 0 Å². The maximum atomic E-state index is 13.7. The molecule has 31 heavy (non-hydrogen) atoms. The third-order valence-corrected chi connectivity index (χ3v) is 6.46. The number of nitrogens with one attached hydrogen (secondary N) is 1. The first kappa shape index (κ1) is 21.6. The Morgan fingerprint density at radius 2 is 1.84 bits per heavy atom. The van der Waals surface area contributed by atoms with Crippen molar-refractivity contribution in [3.05, 3.63) is 71.3 Å². The number of carbonyl (C=O) groups is 2. The van der Waals surface area contributed by atoms with Crippen molar-refractivity contribution in [2.75, 3.05) is 6.61 Å². The fourth-order valence-corrected chi connectivity index (χ4v) is 4.94. The molecule has 0 radical (unpaired) electrons. The Morgan fingerprint density at radius 3 is 2.58 bits per heavy atom. The summed E-state index contributed by atoms with van der Waals surface area (Å²) in [5.74, 6) is 0.175. The number of hydrogen-bond donors (Lipinski definition) is 1. The largest absolute Gasteiger partial charge is 0.377 e. The summed E-state index contributed by atoms with van der Waals surface area (Å²) in [6, 6.07) is 18.2. The molecule has 0 aliphatic carbocycles. The van der Waals surface area contributed by atoms with Crippen LogP contribution in [0.15, 0.2) is 54.6 Å². The average Bonchev–Trinajstić information content (AvgIpc) is 3.10. The van der Waals surface area contributed by atoms with Crippen LogP contribution in [0, 0.1) is 0 Å². The number of ether oxygens (including phenoxy) is 1. The molecule has 2 aliphatic rings. The topological polar surface area (TPSA) is 58.6 Å². The minimum atomic E-state index is 0.0303. The van der Waals surface area contributed by atoms with Crippen molar-refractivity contribution < 1.29 is 14.3 Å². The number of likely N-dealkylation sites (tertiary alicyclic amines) is 1. The van der Waals surface area contributed by atoms with Crippen LogP contribution in [-0.2, 0) is 22.6 Å². The summed E-state index contributed by atoms with van der Waals surface area (Å²) >= 11 is 0. The number of carbonyl (C=O) groups excluding carboxylic acids is 2. The van der Waals surface area contributed by atoms with Crippen LogP contribution in [0.5, 0.6) is 0 Å². The highest BCUT2D eigenvalue weighted by atomic mass is 16.5.